The van der Waals surface area contributed by atoms with E-state index in [0.29, 0.717) is 16.6 Å². The summed E-state index contributed by atoms with van der Waals surface area (Å²) in [7, 11) is -3.81. The molecule has 0 saturated carbocycles. The van der Waals surface area contributed by atoms with Crippen molar-refractivity contribution >= 4 is 32.4 Å². The van der Waals surface area contributed by atoms with Crippen molar-refractivity contribution in [3.05, 3.63) is 47.7 Å². The molecule has 6 nitrogen and oxygen atoms in total. The number of nitrogens with one attached hydrogen (secondary N) is 2. The predicted molar refractivity (Wildman–Crippen MR) is 109 cm³/mol. The van der Waals surface area contributed by atoms with E-state index < -0.39 is 10.0 Å². The molecule has 0 aliphatic rings. The predicted octanol–water partition coefficient (Wildman–Crippen LogP) is 4.85. The molecule has 144 valence electrons. The first-order valence-electron chi connectivity index (χ1n) is 9.15. The molecule has 0 spiro atoms. The summed E-state index contributed by atoms with van der Waals surface area (Å²) < 4.78 is 33.6. The van der Waals surface area contributed by atoms with Crippen molar-refractivity contribution in [3.63, 3.8) is 0 Å². The summed E-state index contributed by atoms with van der Waals surface area (Å²) in [6.07, 6.45) is 3.40. The second-order valence-electron chi connectivity index (χ2n) is 6.62. The SMILES string of the molecule is CCCCCNc1cccc2c(S(=O)(=O)Nc3onc(C)c3C)cccc12. The normalized spacial score (nSPS) is 11.7. The van der Waals surface area contributed by atoms with Crippen LogP contribution in [0.15, 0.2) is 45.8 Å². The third-order valence-corrected chi connectivity index (χ3v) is 6.04. The highest BCUT2D eigenvalue weighted by molar-refractivity contribution is 7.93. The van der Waals surface area contributed by atoms with E-state index in [1.54, 1.807) is 26.0 Å². The van der Waals surface area contributed by atoms with Crippen molar-refractivity contribution in [1.29, 1.82) is 0 Å². The van der Waals surface area contributed by atoms with Gasteiger partial charge in [0.2, 0.25) is 5.88 Å². The number of rotatable bonds is 8. The number of fused-ring (bicyclic) bond motifs is 1. The van der Waals surface area contributed by atoms with Crippen LogP contribution < -0.4 is 10.0 Å². The zero-order chi connectivity index (χ0) is 19.4. The zero-order valence-electron chi connectivity index (χ0n) is 15.9. The molecule has 0 aliphatic heterocycles. The first-order valence-corrected chi connectivity index (χ1v) is 10.6. The molecule has 0 aliphatic carbocycles. The molecule has 0 bridgehead atoms. The topological polar surface area (TPSA) is 84.2 Å². The lowest BCUT2D eigenvalue weighted by Crippen LogP contribution is -2.14. The Balaban J connectivity index is 1.95. The lowest BCUT2D eigenvalue weighted by molar-refractivity contribution is 0.430. The average molecular weight is 388 g/mol. The number of hydrogen-bond acceptors (Lipinski definition) is 5. The standard InChI is InChI=1S/C20H25N3O3S/c1-4-5-6-13-21-18-11-7-10-17-16(18)9-8-12-19(17)27(24,25)23-20-14(2)15(3)22-26-20/h7-12,21,23H,4-6,13H2,1-3H3. The van der Waals surface area contributed by atoms with E-state index in [2.05, 4.69) is 22.1 Å². The van der Waals surface area contributed by atoms with Crippen LogP contribution in [0.3, 0.4) is 0 Å². The number of aromatic nitrogens is 1. The molecule has 1 aromatic heterocycles. The smallest absolute Gasteiger partial charge is 0.264 e. The van der Waals surface area contributed by atoms with Crippen LogP contribution in [0, 0.1) is 13.8 Å². The molecule has 2 aromatic carbocycles. The van der Waals surface area contributed by atoms with Gasteiger partial charge in [-0.05, 0) is 32.4 Å². The Kier molecular flexibility index (Phi) is 5.70. The monoisotopic (exact) mass is 387 g/mol. The number of anilines is 2. The fourth-order valence-electron chi connectivity index (χ4n) is 2.96. The van der Waals surface area contributed by atoms with Gasteiger partial charge in [0, 0.05) is 28.6 Å². The highest BCUT2D eigenvalue weighted by atomic mass is 32.2. The van der Waals surface area contributed by atoms with Gasteiger partial charge < -0.3 is 9.84 Å². The van der Waals surface area contributed by atoms with Crippen molar-refractivity contribution < 1.29 is 12.9 Å². The summed E-state index contributed by atoms with van der Waals surface area (Å²) in [5, 5.41) is 8.77. The number of hydrogen-bond donors (Lipinski definition) is 2. The van der Waals surface area contributed by atoms with Crippen LogP contribution in [0.5, 0.6) is 0 Å². The van der Waals surface area contributed by atoms with Crippen molar-refractivity contribution in [3.8, 4) is 0 Å². The van der Waals surface area contributed by atoms with Crippen LogP contribution in [0.4, 0.5) is 11.6 Å². The van der Waals surface area contributed by atoms with Crippen molar-refractivity contribution in [2.24, 2.45) is 0 Å². The average Bonchev–Trinajstić information content (AvgIpc) is 2.96. The largest absolute Gasteiger partial charge is 0.385 e. The fraction of sp³-hybridized carbons (Fsp3) is 0.350. The van der Waals surface area contributed by atoms with Crippen LogP contribution in [0.2, 0.25) is 0 Å². The van der Waals surface area contributed by atoms with Gasteiger partial charge in [-0.1, -0.05) is 49.2 Å². The van der Waals surface area contributed by atoms with Gasteiger partial charge in [0.1, 0.15) is 0 Å². The van der Waals surface area contributed by atoms with Crippen LogP contribution in [0.25, 0.3) is 10.8 Å². The summed E-state index contributed by atoms with van der Waals surface area (Å²) in [6.45, 7) is 6.56. The van der Waals surface area contributed by atoms with E-state index in [0.717, 1.165) is 36.9 Å². The molecule has 0 unspecified atom stereocenters. The Morgan fingerprint density at radius 1 is 1.04 bits per heavy atom. The van der Waals surface area contributed by atoms with Crippen molar-refractivity contribution in [2.75, 3.05) is 16.6 Å². The van der Waals surface area contributed by atoms with Gasteiger partial charge in [0.05, 0.1) is 10.6 Å². The third kappa shape index (κ3) is 4.08. The number of benzene rings is 2. The van der Waals surface area contributed by atoms with E-state index >= 15 is 0 Å². The van der Waals surface area contributed by atoms with Gasteiger partial charge in [-0.2, -0.15) is 0 Å². The summed E-state index contributed by atoms with van der Waals surface area (Å²) in [5.41, 5.74) is 2.27. The van der Waals surface area contributed by atoms with E-state index in [1.165, 1.54) is 0 Å². The maximum atomic E-state index is 13.0. The van der Waals surface area contributed by atoms with Crippen molar-refractivity contribution in [1.82, 2.24) is 5.16 Å². The Morgan fingerprint density at radius 3 is 2.48 bits per heavy atom. The number of unbranched alkanes of at least 4 members (excludes halogenated alkanes) is 2. The molecule has 1 heterocycles. The minimum Gasteiger partial charge on any atom is -0.385 e. The van der Waals surface area contributed by atoms with Gasteiger partial charge in [0.15, 0.2) is 0 Å². The van der Waals surface area contributed by atoms with Gasteiger partial charge in [-0.3, -0.25) is 0 Å². The molecule has 2 N–H and O–H groups in total. The Bertz CT molecular complexity index is 1040. The first kappa shape index (κ1) is 19.2. The van der Waals surface area contributed by atoms with Crippen LogP contribution in [-0.2, 0) is 10.0 Å². The second-order valence-corrected chi connectivity index (χ2v) is 8.27. The van der Waals surface area contributed by atoms with Crippen molar-refractivity contribution in [2.45, 2.75) is 44.9 Å². The van der Waals surface area contributed by atoms with Gasteiger partial charge in [-0.25, -0.2) is 13.1 Å². The van der Waals surface area contributed by atoms with Gasteiger partial charge >= 0.3 is 0 Å². The van der Waals surface area contributed by atoms with E-state index in [1.807, 2.05) is 24.3 Å². The fourth-order valence-corrected chi connectivity index (χ4v) is 4.22. The Labute approximate surface area is 160 Å². The molecular formula is C20H25N3O3S. The summed E-state index contributed by atoms with van der Waals surface area (Å²) in [5.74, 6) is 0.151. The Morgan fingerprint density at radius 2 is 1.78 bits per heavy atom. The van der Waals surface area contributed by atoms with Gasteiger partial charge in [-0.15, -0.1) is 0 Å². The Hall–Kier alpha value is -2.54. The van der Waals surface area contributed by atoms with Gasteiger partial charge in [0.25, 0.3) is 10.0 Å². The molecular weight excluding hydrogens is 362 g/mol. The molecule has 3 aromatic rings. The number of nitrogens with zero attached hydrogens (tertiary/aromatic N) is 1. The minimum absolute atomic E-state index is 0.151. The molecule has 0 amide bonds. The molecule has 3 rings (SSSR count). The van der Waals surface area contributed by atoms with E-state index in [4.69, 9.17) is 4.52 Å². The lowest BCUT2D eigenvalue weighted by atomic mass is 10.1. The number of aryl methyl sites for hydroxylation is 1. The maximum Gasteiger partial charge on any atom is 0.264 e. The second kappa shape index (κ2) is 8.00. The summed E-state index contributed by atoms with van der Waals surface area (Å²) in [6, 6.07) is 11.0. The highest BCUT2D eigenvalue weighted by Gasteiger charge is 2.21. The van der Waals surface area contributed by atoms with Crippen LogP contribution in [-0.4, -0.2) is 20.1 Å². The van der Waals surface area contributed by atoms with E-state index in [-0.39, 0.29) is 10.8 Å². The molecule has 0 saturated heterocycles. The molecule has 7 heteroatoms. The first-order chi connectivity index (χ1) is 12.9. The molecule has 0 atom stereocenters. The molecule has 0 fully saturated rings. The molecule has 27 heavy (non-hydrogen) atoms. The number of sulfonamides is 1. The molecule has 0 radical (unpaired) electrons. The summed E-state index contributed by atoms with van der Waals surface area (Å²) in [4.78, 5) is 0.214. The summed E-state index contributed by atoms with van der Waals surface area (Å²) >= 11 is 0. The minimum atomic E-state index is -3.81. The van der Waals surface area contributed by atoms with Crippen LogP contribution in [0.1, 0.15) is 37.4 Å². The lowest BCUT2D eigenvalue weighted by Gasteiger charge is -2.13. The van der Waals surface area contributed by atoms with E-state index in [9.17, 15) is 8.42 Å². The van der Waals surface area contributed by atoms with Crippen LogP contribution >= 0.6 is 0 Å². The maximum absolute atomic E-state index is 13.0. The third-order valence-electron chi connectivity index (χ3n) is 4.65. The quantitative estimate of drug-likeness (QED) is 0.540. The highest BCUT2D eigenvalue weighted by Crippen LogP contribution is 2.30. The zero-order valence-corrected chi connectivity index (χ0v) is 16.7.